The van der Waals surface area contributed by atoms with Gasteiger partial charge in [-0.05, 0) is 0 Å². The maximum absolute atomic E-state index is 9.92. The van der Waals surface area contributed by atoms with Crippen molar-refractivity contribution in [1.82, 2.24) is 10.6 Å². The van der Waals surface area contributed by atoms with Crippen LogP contribution in [0.3, 0.4) is 0 Å². The highest BCUT2D eigenvalue weighted by Crippen LogP contribution is 2.08. The molecule has 1 rings (SSSR count). The van der Waals surface area contributed by atoms with Crippen LogP contribution in [-0.2, 0) is 4.79 Å². The van der Waals surface area contributed by atoms with Gasteiger partial charge < -0.3 is 10.6 Å². The van der Waals surface area contributed by atoms with Gasteiger partial charge >= 0.3 is 0 Å². The molecule has 0 aromatic rings. The molecule has 1 aliphatic rings. The van der Waals surface area contributed by atoms with Gasteiger partial charge in [0, 0.05) is 18.8 Å². The summed E-state index contributed by atoms with van der Waals surface area (Å²) in [6, 6.07) is 0. The summed E-state index contributed by atoms with van der Waals surface area (Å²) in [6.45, 7) is 1.95. The van der Waals surface area contributed by atoms with E-state index in [9.17, 15) is 4.79 Å². The van der Waals surface area contributed by atoms with Gasteiger partial charge in [-0.2, -0.15) is 0 Å². The second-order valence-corrected chi connectivity index (χ2v) is 3.16. The molecule has 52 valence electrons. The summed E-state index contributed by atoms with van der Waals surface area (Å²) >= 11 is 1.78. The molecule has 3 nitrogen and oxygen atoms in total. The summed E-state index contributed by atoms with van der Waals surface area (Å²) in [5, 5.41) is 6.17. The molecule has 1 saturated heterocycles. The fourth-order valence-electron chi connectivity index (χ4n) is 0.748. The third-order valence-corrected chi connectivity index (χ3v) is 2.33. The molecule has 0 radical (unpaired) electrons. The highest BCUT2D eigenvalue weighted by Gasteiger charge is 2.10. The third kappa shape index (κ3) is 2.24. The fraction of sp³-hybridized carbons (Fsp3) is 0.800. The first-order valence-electron chi connectivity index (χ1n) is 2.95. The van der Waals surface area contributed by atoms with Crippen LogP contribution in [0.2, 0.25) is 0 Å². The first-order valence-corrected chi connectivity index (χ1v) is 4.00. The number of amides is 1. The molecular weight excluding hydrogens is 136 g/mol. The van der Waals surface area contributed by atoms with Gasteiger partial charge in [0.1, 0.15) is 0 Å². The highest BCUT2D eigenvalue weighted by atomic mass is 32.2. The van der Waals surface area contributed by atoms with E-state index >= 15 is 0 Å². The molecule has 0 aromatic carbocycles. The minimum Gasteiger partial charge on any atom is -0.346 e. The Kier molecular flexibility index (Phi) is 2.86. The van der Waals surface area contributed by atoms with E-state index in [-0.39, 0.29) is 5.37 Å². The van der Waals surface area contributed by atoms with Gasteiger partial charge in [-0.15, -0.1) is 11.8 Å². The van der Waals surface area contributed by atoms with Crippen LogP contribution in [-0.4, -0.2) is 30.6 Å². The van der Waals surface area contributed by atoms with Crippen molar-refractivity contribution in [3.63, 3.8) is 0 Å². The van der Waals surface area contributed by atoms with Crippen LogP contribution in [0, 0.1) is 0 Å². The lowest BCUT2D eigenvalue weighted by atomic mass is 10.5. The lowest BCUT2D eigenvalue weighted by Crippen LogP contribution is -2.40. The van der Waals surface area contributed by atoms with Crippen LogP contribution >= 0.6 is 11.8 Å². The van der Waals surface area contributed by atoms with E-state index < -0.39 is 0 Å². The number of carbonyl (C=O) groups is 1. The SMILES string of the molecule is O=CNC1CNCCS1. The quantitative estimate of drug-likeness (QED) is 0.511. The van der Waals surface area contributed by atoms with Gasteiger partial charge in [0.2, 0.25) is 6.41 Å². The molecule has 0 bridgehead atoms. The Labute approximate surface area is 58.6 Å². The predicted molar refractivity (Wildman–Crippen MR) is 38.3 cm³/mol. The predicted octanol–water partition coefficient (Wildman–Crippen LogP) is -0.605. The molecular formula is C5H10N2OS. The molecule has 2 N–H and O–H groups in total. The lowest BCUT2D eigenvalue weighted by Gasteiger charge is -2.20. The standard InChI is InChI=1S/C5H10N2OS/c8-4-7-5-3-6-1-2-9-5/h4-6H,1-3H2,(H,7,8). The van der Waals surface area contributed by atoms with Crippen molar-refractivity contribution in [3.8, 4) is 0 Å². The van der Waals surface area contributed by atoms with Gasteiger partial charge in [-0.3, -0.25) is 4.79 Å². The molecule has 0 spiro atoms. The summed E-state index contributed by atoms with van der Waals surface area (Å²) < 4.78 is 0. The number of hydrogen-bond donors (Lipinski definition) is 2. The Balaban J connectivity index is 2.15. The molecule has 1 unspecified atom stereocenters. The Hall–Kier alpha value is -0.220. The monoisotopic (exact) mass is 146 g/mol. The van der Waals surface area contributed by atoms with Crippen LogP contribution in [0.4, 0.5) is 0 Å². The van der Waals surface area contributed by atoms with Crippen molar-refractivity contribution in [2.24, 2.45) is 0 Å². The van der Waals surface area contributed by atoms with Crippen LogP contribution in [0.15, 0.2) is 0 Å². The molecule has 1 fully saturated rings. The maximum atomic E-state index is 9.92. The van der Waals surface area contributed by atoms with Crippen LogP contribution < -0.4 is 10.6 Å². The van der Waals surface area contributed by atoms with E-state index in [0.717, 1.165) is 25.3 Å². The fourth-order valence-corrected chi connectivity index (χ4v) is 1.68. The van der Waals surface area contributed by atoms with Gasteiger partial charge in [-0.1, -0.05) is 0 Å². The summed E-state index contributed by atoms with van der Waals surface area (Å²) in [7, 11) is 0. The number of rotatable bonds is 2. The summed E-state index contributed by atoms with van der Waals surface area (Å²) in [4.78, 5) is 9.92. The van der Waals surface area contributed by atoms with Crippen LogP contribution in [0.1, 0.15) is 0 Å². The molecule has 1 amide bonds. The van der Waals surface area contributed by atoms with E-state index in [2.05, 4.69) is 10.6 Å². The first-order chi connectivity index (χ1) is 4.43. The number of carbonyl (C=O) groups excluding carboxylic acids is 1. The van der Waals surface area contributed by atoms with E-state index in [1.54, 1.807) is 11.8 Å². The Morgan fingerprint density at radius 1 is 1.78 bits per heavy atom. The van der Waals surface area contributed by atoms with Crippen molar-refractivity contribution in [2.75, 3.05) is 18.8 Å². The summed E-state index contributed by atoms with van der Waals surface area (Å²) in [6.07, 6.45) is 0.755. The maximum Gasteiger partial charge on any atom is 0.208 e. The molecule has 4 heteroatoms. The highest BCUT2D eigenvalue weighted by molar-refractivity contribution is 7.99. The largest absolute Gasteiger partial charge is 0.346 e. The Bertz CT molecular complexity index is 93.0. The molecule has 0 aliphatic carbocycles. The molecule has 0 aromatic heterocycles. The average Bonchev–Trinajstić information content (AvgIpc) is 1.91. The van der Waals surface area contributed by atoms with Crippen LogP contribution in [0.25, 0.3) is 0 Å². The van der Waals surface area contributed by atoms with Crippen molar-refractivity contribution >= 4 is 18.2 Å². The zero-order valence-corrected chi connectivity index (χ0v) is 5.91. The Morgan fingerprint density at radius 2 is 2.67 bits per heavy atom. The molecule has 1 atom stereocenters. The zero-order chi connectivity index (χ0) is 6.53. The number of hydrogen-bond acceptors (Lipinski definition) is 3. The molecule has 1 aliphatic heterocycles. The van der Waals surface area contributed by atoms with Gasteiger partial charge in [-0.25, -0.2) is 0 Å². The van der Waals surface area contributed by atoms with E-state index in [1.807, 2.05) is 0 Å². The minimum atomic E-state index is 0.288. The van der Waals surface area contributed by atoms with Crippen molar-refractivity contribution < 1.29 is 4.79 Å². The third-order valence-electron chi connectivity index (χ3n) is 1.18. The molecule has 0 saturated carbocycles. The van der Waals surface area contributed by atoms with Crippen molar-refractivity contribution in [3.05, 3.63) is 0 Å². The van der Waals surface area contributed by atoms with E-state index in [0.29, 0.717) is 0 Å². The summed E-state index contributed by atoms with van der Waals surface area (Å²) in [5.41, 5.74) is 0. The first kappa shape index (κ1) is 6.89. The number of nitrogens with one attached hydrogen (secondary N) is 2. The minimum absolute atomic E-state index is 0.288. The van der Waals surface area contributed by atoms with Crippen LogP contribution in [0.5, 0.6) is 0 Å². The average molecular weight is 146 g/mol. The second kappa shape index (κ2) is 3.74. The van der Waals surface area contributed by atoms with Gasteiger partial charge in [0.05, 0.1) is 5.37 Å². The van der Waals surface area contributed by atoms with Crippen molar-refractivity contribution in [1.29, 1.82) is 0 Å². The Morgan fingerprint density at radius 3 is 3.22 bits per heavy atom. The molecule has 9 heavy (non-hydrogen) atoms. The normalized spacial score (nSPS) is 27.3. The lowest BCUT2D eigenvalue weighted by molar-refractivity contribution is -0.109. The smallest absolute Gasteiger partial charge is 0.208 e. The topological polar surface area (TPSA) is 41.1 Å². The second-order valence-electron chi connectivity index (χ2n) is 1.85. The summed E-state index contributed by atoms with van der Waals surface area (Å²) in [5.74, 6) is 1.09. The van der Waals surface area contributed by atoms with Gasteiger partial charge in [0.25, 0.3) is 0 Å². The van der Waals surface area contributed by atoms with Crippen molar-refractivity contribution in [2.45, 2.75) is 5.37 Å². The number of thioether (sulfide) groups is 1. The van der Waals surface area contributed by atoms with E-state index in [1.165, 1.54) is 0 Å². The van der Waals surface area contributed by atoms with E-state index in [4.69, 9.17) is 0 Å². The molecule has 1 heterocycles. The zero-order valence-electron chi connectivity index (χ0n) is 5.09. The van der Waals surface area contributed by atoms with Gasteiger partial charge in [0.15, 0.2) is 0 Å².